The smallest absolute Gasteiger partial charge is 0.262 e. The average molecular weight is 328 g/mol. The monoisotopic (exact) mass is 328 g/mol. The van der Waals surface area contributed by atoms with Crippen LogP contribution in [0.15, 0.2) is 84.9 Å². The molecule has 1 amide bonds. The molecule has 0 fully saturated rings. The molecule has 3 heteroatoms. The van der Waals surface area contributed by atoms with Gasteiger partial charge in [-0.2, -0.15) is 0 Å². The van der Waals surface area contributed by atoms with E-state index in [0.717, 1.165) is 29.8 Å². The molecular formula is C22H20N2O. The summed E-state index contributed by atoms with van der Waals surface area (Å²) < 4.78 is 0. The van der Waals surface area contributed by atoms with Gasteiger partial charge in [0.25, 0.3) is 5.91 Å². The van der Waals surface area contributed by atoms with Gasteiger partial charge in [0.2, 0.25) is 0 Å². The van der Waals surface area contributed by atoms with Crippen molar-refractivity contribution in [2.45, 2.75) is 19.0 Å². The molecule has 124 valence electrons. The van der Waals surface area contributed by atoms with E-state index < -0.39 is 0 Å². The van der Waals surface area contributed by atoms with Gasteiger partial charge < -0.3 is 5.32 Å². The van der Waals surface area contributed by atoms with E-state index in [9.17, 15) is 4.79 Å². The molecule has 1 atom stereocenters. The van der Waals surface area contributed by atoms with Crippen molar-refractivity contribution < 1.29 is 4.79 Å². The molecule has 0 saturated carbocycles. The number of carbonyl (C=O) groups excluding carboxylic acids is 1. The summed E-state index contributed by atoms with van der Waals surface area (Å²) in [5.74, 6) is 0.0543. The molecule has 1 unspecified atom stereocenters. The third-order valence-corrected chi connectivity index (χ3v) is 4.59. The fourth-order valence-corrected chi connectivity index (χ4v) is 3.35. The summed E-state index contributed by atoms with van der Waals surface area (Å²) >= 11 is 0. The number of amides is 1. The zero-order valence-corrected chi connectivity index (χ0v) is 13.9. The third kappa shape index (κ3) is 3.13. The van der Waals surface area contributed by atoms with E-state index in [4.69, 9.17) is 0 Å². The van der Waals surface area contributed by atoms with Crippen LogP contribution in [0.5, 0.6) is 0 Å². The first kappa shape index (κ1) is 15.5. The average Bonchev–Trinajstić information content (AvgIpc) is 2.68. The molecule has 0 aromatic heterocycles. The second-order valence-corrected chi connectivity index (χ2v) is 6.24. The Bertz CT molecular complexity index is 861. The van der Waals surface area contributed by atoms with Crippen LogP contribution < -0.4 is 10.2 Å². The minimum absolute atomic E-state index is 0.0543. The van der Waals surface area contributed by atoms with Crippen LogP contribution in [0.4, 0.5) is 11.4 Å². The maximum atomic E-state index is 13.1. The van der Waals surface area contributed by atoms with Gasteiger partial charge in [0, 0.05) is 11.4 Å². The Morgan fingerprint density at radius 2 is 1.44 bits per heavy atom. The molecule has 4 rings (SSSR count). The Morgan fingerprint density at radius 1 is 0.800 bits per heavy atom. The topological polar surface area (TPSA) is 32.3 Å². The lowest BCUT2D eigenvalue weighted by Crippen LogP contribution is -2.49. The summed E-state index contributed by atoms with van der Waals surface area (Å²) in [6.45, 7) is 0. The molecular weight excluding hydrogens is 308 g/mol. The molecule has 1 aliphatic rings. The zero-order valence-electron chi connectivity index (χ0n) is 13.9. The summed E-state index contributed by atoms with van der Waals surface area (Å²) in [5, 5.41) is 3.55. The van der Waals surface area contributed by atoms with Gasteiger partial charge in [-0.1, -0.05) is 60.7 Å². The Balaban J connectivity index is 1.66. The van der Waals surface area contributed by atoms with Crippen molar-refractivity contribution in [3.05, 3.63) is 96.1 Å². The van der Waals surface area contributed by atoms with Gasteiger partial charge >= 0.3 is 0 Å². The predicted molar refractivity (Wildman–Crippen MR) is 102 cm³/mol. The molecule has 1 aliphatic heterocycles. The molecule has 1 N–H and O–H groups in total. The highest BCUT2D eigenvalue weighted by atomic mass is 16.2. The summed E-state index contributed by atoms with van der Waals surface area (Å²) in [5.41, 5.74) is 3.84. The maximum absolute atomic E-state index is 13.1. The van der Waals surface area contributed by atoms with Gasteiger partial charge in [-0.3, -0.25) is 9.69 Å². The number of nitrogens with zero attached hydrogens (tertiary/aromatic N) is 1. The van der Waals surface area contributed by atoms with E-state index >= 15 is 0 Å². The van der Waals surface area contributed by atoms with E-state index in [0.29, 0.717) is 0 Å². The van der Waals surface area contributed by atoms with Crippen molar-refractivity contribution in [3.8, 4) is 0 Å². The van der Waals surface area contributed by atoms with Gasteiger partial charge in [-0.15, -0.1) is 0 Å². The minimum atomic E-state index is -0.0648. The number of para-hydroxylation sites is 2. The van der Waals surface area contributed by atoms with Crippen molar-refractivity contribution in [3.63, 3.8) is 0 Å². The molecule has 3 nitrogen and oxygen atoms in total. The van der Waals surface area contributed by atoms with E-state index in [2.05, 4.69) is 29.6 Å². The number of hydrogen-bond donors (Lipinski definition) is 1. The van der Waals surface area contributed by atoms with Gasteiger partial charge in [0.05, 0.1) is 5.56 Å². The number of fused-ring (bicyclic) bond motifs is 1. The van der Waals surface area contributed by atoms with Crippen LogP contribution in [0.3, 0.4) is 0 Å². The molecule has 25 heavy (non-hydrogen) atoms. The van der Waals surface area contributed by atoms with Crippen LogP contribution in [-0.2, 0) is 6.42 Å². The van der Waals surface area contributed by atoms with Crippen LogP contribution >= 0.6 is 0 Å². The van der Waals surface area contributed by atoms with E-state index in [1.54, 1.807) is 0 Å². The number of anilines is 2. The maximum Gasteiger partial charge on any atom is 0.262 e. The number of rotatable bonds is 4. The van der Waals surface area contributed by atoms with Crippen LogP contribution in [0.2, 0.25) is 0 Å². The van der Waals surface area contributed by atoms with Crippen LogP contribution in [0.1, 0.15) is 22.3 Å². The Hall–Kier alpha value is -3.07. The minimum Gasteiger partial charge on any atom is -0.364 e. The fourth-order valence-electron chi connectivity index (χ4n) is 3.35. The van der Waals surface area contributed by atoms with Gasteiger partial charge in [-0.05, 0) is 42.7 Å². The fraction of sp³-hybridized carbons (Fsp3) is 0.136. The number of hydrogen-bond acceptors (Lipinski definition) is 2. The van der Waals surface area contributed by atoms with E-state index in [1.807, 2.05) is 65.6 Å². The van der Waals surface area contributed by atoms with Crippen molar-refractivity contribution in [2.24, 2.45) is 0 Å². The number of benzene rings is 3. The summed E-state index contributed by atoms with van der Waals surface area (Å²) in [7, 11) is 0. The summed E-state index contributed by atoms with van der Waals surface area (Å²) in [6.07, 6.45) is 1.70. The molecule has 0 saturated heterocycles. The van der Waals surface area contributed by atoms with Gasteiger partial charge in [0.15, 0.2) is 0 Å². The molecule has 3 aromatic rings. The largest absolute Gasteiger partial charge is 0.364 e. The summed E-state index contributed by atoms with van der Waals surface area (Å²) in [4.78, 5) is 15.0. The number of aryl methyl sites for hydroxylation is 1. The Labute approximate surface area is 147 Å². The number of nitrogens with one attached hydrogen (secondary N) is 1. The van der Waals surface area contributed by atoms with Crippen LogP contribution in [0, 0.1) is 0 Å². The molecule has 0 aliphatic carbocycles. The summed E-state index contributed by atoms with van der Waals surface area (Å²) in [6, 6.07) is 28.0. The quantitative estimate of drug-likeness (QED) is 0.752. The van der Waals surface area contributed by atoms with Crippen LogP contribution in [0.25, 0.3) is 0 Å². The van der Waals surface area contributed by atoms with Gasteiger partial charge in [-0.25, -0.2) is 0 Å². The standard InChI is InChI=1S/C22H20N2O/c25-22-19-13-7-8-14-20(19)23-21(16-15-17-9-3-1-4-10-17)24(22)18-11-5-2-6-12-18/h1-14,21,23H,15-16H2. The lowest BCUT2D eigenvalue weighted by Gasteiger charge is -2.38. The van der Waals surface area contributed by atoms with Crippen molar-refractivity contribution >= 4 is 17.3 Å². The van der Waals surface area contributed by atoms with Crippen molar-refractivity contribution in [2.75, 3.05) is 10.2 Å². The van der Waals surface area contributed by atoms with E-state index in [-0.39, 0.29) is 12.1 Å². The normalized spacial score (nSPS) is 16.2. The number of carbonyl (C=O) groups is 1. The lowest BCUT2D eigenvalue weighted by atomic mass is 10.0. The molecule has 3 aromatic carbocycles. The highest BCUT2D eigenvalue weighted by Crippen LogP contribution is 2.31. The molecule has 0 radical (unpaired) electrons. The zero-order chi connectivity index (χ0) is 17.1. The second-order valence-electron chi connectivity index (χ2n) is 6.24. The molecule has 0 bridgehead atoms. The first-order valence-electron chi connectivity index (χ1n) is 8.61. The lowest BCUT2D eigenvalue weighted by molar-refractivity contribution is 0.0974. The van der Waals surface area contributed by atoms with E-state index in [1.165, 1.54) is 5.56 Å². The highest BCUT2D eigenvalue weighted by molar-refractivity contribution is 6.12. The molecule has 0 spiro atoms. The van der Waals surface area contributed by atoms with Crippen molar-refractivity contribution in [1.82, 2.24) is 0 Å². The first-order chi connectivity index (χ1) is 12.3. The first-order valence-corrected chi connectivity index (χ1v) is 8.61. The van der Waals surface area contributed by atoms with Crippen LogP contribution in [-0.4, -0.2) is 12.1 Å². The predicted octanol–water partition coefficient (Wildman–Crippen LogP) is 4.72. The molecule has 1 heterocycles. The highest BCUT2D eigenvalue weighted by Gasteiger charge is 2.32. The third-order valence-electron chi connectivity index (χ3n) is 4.59. The van der Waals surface area contributed by atoms with Crippen molar-refractivity contribution in [1.29, 1.82) is 0 Å². The SMILES string of the molecule is O=C1c2ccccc2NC(CCc2ccccc2)N1c1ccccc1. The second kappa shape index (κ2) is 6.81. The Kier molecular flexibility index (Phi) is 4.21. The Morgan fingerprint density at radius 3 is 2.20 bits per heavy atom. The van der Waals surface area contributed by atoms with Gasteiger partial charge in [0.1, 0.15) is 6.17 Å².